The third-order valence-corrected chi connectivity index (χ3v) is 6.59. The number of hydrogen-bond donors (Lipinski definition) is 0. The Morgan fingerprint density at radius 2 is 1.40 bits per heavy atom. The molecule has 5 atom stereocenters. The van der Waals surface area contributed by atoms with Gasteiger partial charge in [0, 0.05) is 44.7 Å². The maximum atomic E-state index is 13.5. The number of ether oxygens (including phenoxy) is 7. The van der Waals surface area contributed by atoms with Gasteiger partial charge in [0.2, 0.25) is 5.75 Å². The molecule has 0 amide bonds. The van der Waals surface area contributed by atoms with Crippen LogP contribution in [0.4, 0.5) is 0 Å². The first-order valence-electron chi connectivity index (χ1n) is 13.6. The van der Waals surface area contributed by atoms with E-state index in [0.29, 0.717) is 5.75 Å². The Balaban J connectivity index is 2.00. The lowest BCUT2D eigenvalue weighted by Gasteiger charge is -2.44. The lowest BCUT2D eigenvalue weighted by Crippen LogP contribution is -2.59. The summed E-state index contributed by atoms with van der Waals surface area (Å²) in [5.74, 6) is -4.47. The SMILES string of the molecule is COc1ccc2c([C@H]3O[C@H](COC(C)=O)[C@@H](OC(C)=O)[C@H](OC(C)=O)[C@@H]3OC(C)=O)c(OC(=O)c3ccccc3)c(=O)oc2c1. The fraction of sp³-hybridized carbons (Fsp3) is 0.355. The predicted molar refractivity (Wildman–Crippen MR) is 151 cm³/mol. The molecule has 2 aromatic carbocycles. The summed E-state index contributed by atoms with van der Waals surface area (Å²) in [5.41, 5.74) is -1.17. The van der Waals surface area contributed by atoms with Crippen LogP contribution in [0.3, 0.4) is 0 Å². The Bertz CT molecular complexity index is 1660. The normalized spacial score (nSPS) is 20.9. The van der Waals surface area contributed by atoms with Gasteiger partial charge >= 0.3 is 35.5 Å². The van der Waals surface area contributed by atoms with Crippen LogP contribution < -0.4 is 15.1 Å². The van der Waals surface area contributed by atoms with Crippen LogP contribution in [0.15, 0.2) is 57.7 Å². The summed E-state index contributed by atoms with van der Waals surface area (Å²) in [4.78, 5) is 75.3. The highest BCUT2D eigenvalue weighted by Crippen LogP contribution is 2.43. The van der Waals surface area contributed by atoms with Gasteiger partial charge in [-0.2, -0.15) is 0 Å². The largest absolute Gasteiger partial charge is 0.497 e. The molecule has 1 aliphatic rings. The van der Waals surface area contributed by atoms with Crippen LogP contribution in [0.2, 0.25) is 0 Å². The van der Waals surface area contributed by atoms with Gasteiger partial charge in [0.05, 0.1) is 12.7 Å². The van der Waals surface area contributed by atoms with Crippen molar-refractivity contribution in [2.45, 2.75) is 58.2 Å². The molecule has 1 fully saturated rings. The number of benzene rings is 2. The minimum Gasteiger partial charge on any atom is -0.497 e. The molecule has 1 aromatic heterocycles. The highest BCUT2D eigenvalue weighted by molar-refractivity contribution is 5.92. The highest BCUT2D eigenvalue weighted by Gasteiger charge is 2.54. The maximum absolute atomic E-state index is 13.5. The van der Waals surface area contributed by atoms with E-state index in [0.717, 1.165) is 27.7 Å². The predicted octanol–water partition coefficient (Wildman–Crippen LogP) is 2.82. The zero-order valence-electron chi connectivity index (χ0n) is 24.9. The van der Waals surface area contributed by atoms with Crippen LogP contribution in [0.25, 0.3) is 11.0 Å². The molecule has 238 valence electrons. The Labute approximate surface area is 256 Å². The van der Waals surface area contributed by atoms with E-state index >= 15 is 0 Å². The molecular weight excluding hydrogens is 596 g/mol. The van der Waals surface area contributed by atoms with E-state index in [-0.39, 0.29) is 22.1 Å². The lowest BCUT2D eigenvalue weighted by molar-refractivity contribution is -0.254. The Kier molecular flexibility index (Phi) is 10.2. The average Bonchev–Trinajstić information content (AvgIpc) is 2.98. The van der Waals surface area contributed by atoms with Crippen LogP contribution in [-0.4, -0.2) is 68.0 Å². The number of fused-ring (bicyclic) bond motifs is 1. The van der Waals surface area contributed by atoms with Gasteiger partial charge in [-0.1, -0.05) is 18.2 Å². The molecular formula is C31H30O14. The monoisotopic (exact) mass is 626 g/mol. The molecule has 0 saturated carbocycles. The van der Waals surface area contributed by atoms with Gasteiger partial charge in [-0.3, -0.25) is 19.2 Å². The summed E-state index contributed by atoms with van der Waals surface area (Å²) >= 11 is 0. The Morgan fingerprint density at radius 3 is 2.00 bits per heavy atom. The van der Waals surface area contributed by atoms with Crippen molar-refractivity contribution in [3.63, 3.8) is 0 Å². The van der Waals surface area contributed by atoms with Crippen molar-refractivity contribution in [1.82, 2.24) is 0 Å². The first kappa shape index (κ1) is 32.7. The van der Waals surface area contributed by atoms with Gasteiger partial charge in [0.1, 0.15) is 30.1 Å². The molecule has 45 heavy (non-hydrogen) atoms. The van der Waals surface area contributed by atoms with Crippen LogP contribution in [0.5, 0.6) is 11.5 Å². The minimum atomic E-state index is -1.59. The topological polar surface area (TPSA) is 180 Å². The van der Waals surface area contributed by atoms with Crippen molar-refractivity contribution >= 4 is 40.8 Å². The third-order valence-electron chi connectivity index (χ3n) is 6.59. The molecule has 0 spiro atoms. The number of carbonyl (C=O) groups excluding carboxylic acids is 5. The van der Waals surface area contributed by atoms with E-state index in [2.05, 4.69) is 0 Å². The van der Waals surface area contributed by atoms with Crippen molar-refractivity contribution < 1.29 is 61.5 Å². The summed E-state index contributed by atoms with van der Waals surface area (Å²) in [5, 5.41) is 0.159. The van der Waals surface area contributed by atoms with Gasteiger partial charge in [-0.25, -0.2) is 9.59 Å². The second-order valence-corrected chi connectivity index (χ2v) is 9.87. The molecule has 1 saturated heterocycles. The average molecular weight is 627 g/mol. The van der Waals surface area contributed by atoms with Crippen molar-refractivity contribution in [2.75, 3.05) is 13.7 Å². The van der Waals surface area contributed by atoms with Crippen LogP contribution in [0, 0.1) is 0 Å². The second-order valence-electron chi connectivity index (χ2n) is 9.87. The standard InChI is InChI=1S/C31H30O14/c1-15(32)39-14-23-25(40-16(2)33)28(41-17(3)34)29(42-18(4)35)26(43-23)24-21-12-11-20(38-5)13-22(21)44-31(37)27(24)45-30(36)19-9-7-6-8-10-19/h6-13,23,25-26,28-29H,14H2,1-5H3/t23-,25-,26-,28+,29-/m1/s1. The molecule has 14 heteroatoms. The van der Waals surface area contributed by atoms with Gasteiger partial charge in [-0.05, 0) is 24.3 Å². The fourth-order valence-corrected chi connectivity index (χ4v) is 4.88. The van der Waals surface area contributed by atoms with Gasteiger partial charge in [0.25, 0.3) is 0 Å². The smallest absolute Gasteiger partial charge is 0.380 e. The van der Waals surface area contributed by atoms with Gasteiger partial charge in [0.15, 0.2) is 18.3 Å². The highest BCUT2D eigenvalue weighted by atomic mass is 16.7. The van der Waals surface area contributed by atoms with Crippen molar-refractivity contribution in [2.24, 2.45) is 0 Å². The molecule has 4 rings (SSSR count). The first-order chi connectivity index (χ1) is 21.4. The Morgan fingerprint density at radius 1 is 0.778 bits per heavy atom. The molecule has 0 N–H and O–H groups in total. The number of esters is 5. The van der Waals surface area contributed by atoms with E-state index in [4.69, 9.17) is 37.6 Å². The third kappa shape index (κ3) is 7.65. The number of hydrogen-bond acceptors (Lipinski definition) is 14. The van der Waals surface area contributed by atoms with Crippen molar-refractivity contribution in [3.8, 4) is 11.5 Å². The summed E-state index contributed by atoms with van der Waals surface area (Å²) in [6.45, 7) is 3.86. The summed E-state index contributed by atoms with van der Waals surface area (Å²) in [7, 11) is 1.40. The van der Waals surface area contributed by atoms with Crippen LogP contribution in [0.1, 0.15) is 49.7 Å². The molecule has 0 unspecified atom stereocenters. The van der Waals surface area contributed by atoms with Crippen molar-refractivity contribution in [1.29, 1.82) is 0 Å². The quantitative estimate of drug-likeness (QED) is 0.192. The van der Waals surface area contributed by atoms with E-state index in [1.165, 1.54) is 37.4 Å². The van der Waals surface area contributed by atoms with Gasteiger partial charge in [-0.15, -0.1) is 0 Å². The number of carbonyl (C=O) groups is 5. The zero-order chi connectivity index (χ0) is 32.8. The van der Waals surface area contributed by atoms with E-state index < -0.39 is 78.3 Å². The summed E-state index contributed by atoms with van der Waals surface area (Å²) in [6.07, 6.45) is -7.48. The molecule has 0 aliphatic carbocycles. The van der Waals surface area contributed by atoms with Gasteiger partial charge < -0.3 is 37.6 Å². The molecule has 1 aliphatic heterocycles. The Hall–Kier alpha value is -5.24. The van der Waals surface area contributed by atoms with E-state index in [1.807, 2.05) is 0 Å². The zero-order valence-corrected chi connectivity index (χ0v) is 24.9. The summed E-state index contributed by atoms with van der Waals surface area (Å²) < 4.78 is 44.3. The van der Waals surface area contributed by atoms with Crippen molar-refractivity contribution in [3.05, 3.63) is 70.1 Å². The lowest BCUT2D eigenvalue weighted by atomic mass is 9.88. The summed E-state index contributed by atoms with van der Waals surface area (Å²) in [6, 6.07) is 12.2. The van der Waals surface area contributed by atoms with E-state index in [9.17, 15) is 28.8 Å². The molecule has 2 heterocycles. The minimum absolute atomic E-state index is 0.0262. The number of rotatable bonds is 9. The van der Waals surface area contributed by atoms with E-state index in [1.54, 1.807) is 18.2 Å². The molecule has 0 radical (unpaired) electrons. The fourth-order valence-electron chi connectivity index (χ4n) is 4.88. The number of methoxy groups -OCH3 is 1. The molecule has 14 nitrogen and oxygen atoms in total. The maximum Gasteiger partial charge on any atom is 0.380 e. The van der Waals surface area contributed by atoms with Crippen LogP contribution in [-0.2, 0) is 42.9 Å². The molecule has 3 aromatic rings. The second kappa shape index (κ2) is 14.0. The first-order valence-corrected chi connectivity index (χ1v) is 13.6. The molecule has 0 bridgehead atoms. The van der Waals surface area contributed by atoms with Crippen LogP contribution >= 0.6 is 0 Å².